The van der Waals surface area contributed by atoms with Crippen LogP contribution in [0.2, 0.25) is 5.02 Å². The molecule has 0 bridgehead atoms. The zero-order valence-electron chi connectivity index (χ0n) is 10.9. The van der Waals surface area contributed by atoms with Crippen LogP contribution in [0.4, 0.5) is 0 Å². The van der Waals surface area contributed by atoms with Crippen molar-refractivity contribution in [3.05, 3.63) is 9.90 Å². The molecule has 1 amide bonds. The molecule has 1 fully saturated rings. The molecule has 5 nitrogen and oxygen atoms in total. The Bertz CT molecular complexity index is 433. The van der Waals surface area contributed by atoms with Gasteiger partial charge in [0, 0.05) is 32.6 Å². The van der Waals surface area contributed by atoms with Crippen molar-refractivity contribution >= 4 is 29.0 Å². The molecule has 2 heterocycles. The lowest BCUT2D eigenvalue weighted by Crippen LogP contribution is -2.30. The van der Waals surface area contributed by atoms with Gasteiger partial charge in [-0.05, 0) is 24.4 Å². The molecule has 1 aliphatic rings. The fraction of sp³-hybridized carbons (Fsp3) is 0.667. The molecule has 0 atom stereocenters. The highest BCUT2D eigenvalue weighted by Gasteiger charge is 2.17. The van der Waals surface area contributed by atoms with Gasteiger partial charge in [0.2, 0.25) is 11.8 Å². The quantitative estimate of drug-likeness (QED) is 0.816. The van der Waals surface area contributed by atoms with Crippen LogP contribution in [0.25, 0.3) is 0 Å². The van der Waals surface area contributed by atoms with E-state index in [4.69, 9.17) is 16.3 Å². The van der Waals surface area contributed by atoms with Gasteiger partial charge in [0.05, 0.1) is 12.0 Å². The highest BCUT2D eigenvalue weighted by atomic mass is 35.5. The second kappa shape index (κ2) is 7.07. The fourth-order valence-corrected chi connectivity index (χ4v) is 3.09. The topological polar surface area (TPSA) is 54.5 Å². The summed E-state index contributed by atoms with van der Waals surface area (Å²) in [5.74, 6) is 0.703. The Morgan fingerprint density at radius 1 is 1.53 bits per heavy atom. The highest BCUT2D eigenvalue weighted by molar-refractivity contribution is 7.06. The molecule has 1 N–H and O–H groups in total. The van der Waals surface area contributed by atoms with Crippen LogP contribution in [0.1, 0.15) is 24.1 Å². The van der Waals surface area contributed by atoms with E-state index in [0.717, 1.165) is 30.8 Å². The van der Waals surface area contributed by atoms with Crippen molar-refractivity contribution in [3.8, 4) is 5.88 Å². The van der Waals surface area contributed by atoms with Crippen molar-refractivity contribution in [1.29, 1.82) is 0 Å². The zero-order chi connectivity index (χ0) is 13.7. The summed E-state index contributed by atoms with van der Waals surface area (Å²) in [6, 6.07) is 0. The summed E-state index contributed by atoms with van der Waals surface area (Å²) in [5, 5.41) is 3.78. The summed E-state index contributed by atoms with van der Waals surface area (Å²) in [6.07, 6.45) is 2.80. The lowest BCUT2D eigenvalue weighted by molar-refractivity contribution is -0.130. The van der Waals surface area contributed by atoms with E-state index >= 15 is 0 Å². The number of likely N-dealkylation sites (tertiary alicyclic amines) is 1. The predicted molar refractivity (Wildman–Crippen MR) is 75.8 cm³/mol. The third-order valence-corrected chi connectivity index (χ3v) is 4.45. The average molecular weight is 304 g/mol. The minimum Gasteiger partial charge on any atom is -0.479 e. The molecule has 0 aliphatic carbocycles. The van der Waals surface area contributed by atoms with Crippen molar-refractivity contribution in [3.63, 3.8) is 0 Å². The number of ether oxygens (including phenoxy) is 1. The van der Waals surface area contributed by atoms with Crippen LogP contribution in [0.3, 0.4) is 0 Å². The predicted octanol–water partition coefficient (Wildman–Crippen LogP) is 1.91. The summed E-state index contributed by atoms with van der Waals surface area (Å²) in [7, 11) is 1.55. The van der Waals surface area contributed by atoms with Crippen molar-refractivity contribution in [2.75, 3.05) is 26.7 Å². The van der Waals surface area contributed by atoms with Crippen LogP contribution >= 0.6 is 23.1 Å². The van der Waals surface area contributed by atoms with Crippen molar-refractivity contribution in [1.82, 2.24) is 14.6 Å². The fourth-order valence-electron chi connectivity index (χ4n) is 2.05. The molecular weight excluding hydrogens is 286 g/mol. The van der Waals surface area contributed by atoms with Crippen LogP contribution in [0.15, 0.2) is 0 Å². The van der Waals surface area contributed by atoms with Crippen LogP contribution in [0.5, 0.6) is 5.88 Å². The lowest BCUT2D eigenvalue weighted by atomic mass is 10.3. The molecule has 1 aliphatic heterocycles. The Labute approximate surface area is 122 Å². The number of hydrogen-bond acceptors (Lipinski definition) is 5. The number of rotatable bonds is 6. The average Bonchev–Trinajstić information content (AvgIpc) is 3.05. The maximum Gasteiger partial charge on any atom is 0.244 e. The standard InChI is InChI=1S/C12H18ClN3O2S/c1-18-12-11(13)9(19-15-12)8-14-5-4-10(17)16-6-2-3-7-16/h14H,2-8H2,1H3. The molecule has 1 saturated heterocycles. The zero-order valence-corrected chi connectivity index (χ0v) is 12.5. The summed E-state index contributed by atoms with van der Waals surface area (Å²) >= 11 is 7.40. The third-order valence-electron chi connectivity index (χ3n) is 3.12. The van der Waals surface area contributed by atoms with Gasteiger partial charge < -0.3 is 15.0 Å². The van der Waals surface area contributed by atoms with Gasteiger partial charge in [-0.3, -0.25) is 4.79 Å². The number of nitrogens with zero attached hydrogens (tertiary/aromatic N) is 2. The first-order valence-corrected chi connectivity index (χ1v) is 7.54. The van der Waals surface area contributed by atoms with E-state index in [9.17, 15) is 4.79 Å². The number of hydrogen-bond donors (Lipinski definition) is 1. The Morgan fingerprint density at radius 3 is 2.89 bits per heavy atom. The first-order valence-electron chi connectivity index (χ1n) is 6.39. The van der Waals surface area contributed by atoms with Gasteiger partial charge in [-0.2, -0.15) is 4.37 Å². The van der Waals surface area contributed by atoms with Gasteiger partial charge in [-0.25, -0.2) is 0 Å². The normalized spacial score (nSPS) is 14.9. The van der Waals surface area contributed by atoms with Gasteiger partial charge in [0.15, 0.2) is 0 Å². The Balaban J connectivity index is 1.68. The molecule has 1 aromatic rings. The largest absolute Gasteiger partial charge is 0.479 e. The minimum atomic E-state index is 0.234. The van der Waals surface area contributed by atoms with E-state index in [1.165, 1.54) is 11.5 Å². The first kappa shape index (κ1) is 14.6. The van der Waals surface area contributed by atoms with Gasteiger partial charge in [0.25, 0.3) is 0 Å². The lowest BCUT2D eigenvalue weighted by Gasteiger charge is -2.14. The van der Waals surface area contributed by atoms with Crippen LogP contribution < -0.4 is 10.1 Å². The molecular formula is C12H18ClN3O2S. The van der Waals surface area contributed by atoms with E-state index in [-0.39, 0.29) is 5.91 Å². The van der Waals surface area contributed by atoms with Crippen molar-refractivity contribution in [2.45, 2.75) is 25.8 Å². The van der Waals surface area contributed by atoms with Crippen LogP contribution in [0, 0.1) is 0 Å². The van der Waals surface area contributed by atoms with Crippen LogP contribution in [-0.4, -0.2) is 41.9 Å². The van der Waals surface area contributed by atoms with Crippen LogP contribution in [-0.2, 0) is 11.3 Å². The minimum absolute atomic E-state index is 0.234. The number of carbonyl (C=O) groups is 1. The van der Waals surface area contributed by atoms with Gasteiger partial charge in [-0.15, -0.1) is 0 Å². The molecule has 106 valence electrons. The summed E-state index contributed by atoms with van der Waals surface area (Å²) in [4.78, 5) is 14.7. The van der Waals surface area contributed by atoms with Gasteiger partial charge >= 0.3 is 0 Å². The van der Waals surface area contributed by atoms with Gasteiger partial charge in [0.1, 0.15) is 5.02 Å². The molecule has 0 aromatic carbocycles. The number of methoxy groups -OCH3 is 1. The smallest absolute Gasteiger partial charge is 0.244 e. The second-order valence-electron chi connectivity index (χ2n) is 4.44. The molecule has 7 heteroatoms. The highest BCUT2D eigenvalue weighted by Crippen LogP contribution is 2.30. The molecule has 0 radical (unpaired) electrons. The molecule has 2 rings (SSSR count). The van der Waals surface area contributed by atoms with E-state index < -0.39 is 0 Å². The van der Waals surface area contributed by atoms with Crippen molar-refractivity contribution < 1.29 is 9.53 Å². The monoisotopic (exact) mass is 303 g/mol. The van der Waals surface area contributed by atoms with Crippen molar-refractivity contribution in [2.24, 2.45) is 0 Å². The van der Waals surface area contributed by atoms with E-state index in [1.807, 2.05) is 4.90 Å². The maximum absolute atomic E-state index is 11.8. The van der Waals surface area contributed by atoms with E-state index in [2.05, 4.69) is 9.69 Å². The number of aromatic nitrogens is 1. The Hall–Kier alpha value is -0.850. The van der Waals surface area contributed by atoms with E-state index in [0.29, 0.717) is 30.4 Å². The molecule has 0 spiro atoms. The number of carbonyl (C=O) groups excluding carboxylic acids is 1. The molecule has 1 aromatic heterocycles. The van der Waals surface area contributed by atoms with E-state index in [1.54, 1.807) is 7.11 Å². The molecule has 0 unspecified atom stereocenters. The summed E-state index contributed by atoms with van der Waals surface area (Å²) in [6.45, 7) is 3.10. The second-order valence-corrected chi connectivity index (χ2v) is 5.68. The number of nitrogens with one attached hydrogen (secondary N) is 1. The Morgan fingerprint density at radius 2 is 2.26 bits per heavy atom. The number of amides is 1. The first-order chi connectivity index (χ1) is 9.22. The molecule has 19 heavy (non-hydrogen) atoms. The Kier molecular flexibility index (Phi) is 5.42. The maximum atomic E-state index is 11.8. The summed E-state index contributed by atoms with van der Waals surface area (Å²) < 4.78 is 9.10. The third kappa shape index (κ3) is 3.81. The van der Waals surface area contributed by atoms with Gasteiger partial charge in [-0.1, -0.05) is 11.6 Å². The summed E-state index contributed by atoms with van der Waals surface area (Å²) in [5.41, 5.74) is 0. The molecule has 0 saturated carbocycles. The number of halogens is 1. The SMILES string of the molecule is COc1nsc(CNCCC(=O)N2CCCC2)c1Cl.